The summed E-state index contributed by atoms with van der Waals surface area (Å²) in [5.41, 5.74) is 4.30. The van der Waals surface area contributed by atoms with E-state index in [-0.39, 0.29) is 42.5 Å². The molecular formula is C33H30F3N7O6S2. The normalized spacial score (nSPS) is 18.0. The van der Waals surface area contributed by atoms with Crippen LogP contribution in [0.25, 0.3) is 0 Å². The number of para-hydroxylation sites is 2. The Kier molecular flexibility index (Phi) is 10.2. The summed E-state index contributed by atoms with van der Waals surface area (Å²) in [6.45, 7) is -0.0994. The maximum Gasteiger partial charge on any atom is 0.422 e. The number of carbonyl (C=O) groups is 1. The molecular weight excluding hydrogens is 712 g/mol. The van der Waals surface area contributed by atoms with Crippen LogP contribution in [0.5, 0.6) is 11.5 Å². The maximum absolute atomic E-state index is 15.4. The third kappa shape index (κ3) is 7.62. The van der Waals surface area contributed by atoms with Crippen LogP contribution in [0.15, 0.2) is 101 Å². The van der Waals surface area contributed by atoms with Gasteiger partial charge in [-0.25, -0.2) is 13.1 Å². The summed E-state index contributed by atoms with van der Waals surface area (Å²) in [7, 11) is -4.36. The second-order valence-electron chi connectivity index (χ2n) is 11.7. The maximum atomic E-state index is 15.4. The van der Waals surface area contributed by atoms with Crippen LogP contribution >= 0.6 is 11.8 Å². The lowest BCUT2D eigenvalue weighted by molar-refractivity contribution is -0.387. The molecule has 0 saturated carbocycles. The third-order valence-corrected chi connectivity index (χ3v) is 10.9. The average Bonchev–Trinajstić information content (AvgIpc) is 3.57. The number of sulfonamides is 1. The van der Waals surface area contributed by atoms with Crippen molar-refractivity contribution < 1.29 is 36.0 Å². The molecule has 51 heavy (non-hydrogen) atoms. The lowest BCUT2D eigenvalue weighted by Crippen LogP contribution is -2.42. The largest absolute Gasteiger partial charge is 0.457 e. The summed E-state index contributed by atoms with van der Waals surface area (Å²) in [6, 6.07) is 17.1. The predicted octanol–water partition coefficient (Wildman–Crippen LogP) is 5.97. The summed E-state index contributed by atoms with van der Waals surface area (Å²) in [6.07, 6.45) is -1.27. The summed E-state index contributed by atoms with van der Waals surface area (Å²) < 4.78 is 80.8. The van der Waals surface area contributed by atoms with E-state index in [2.05, 4.69) is 14.9 Å². The van der Waals surface area contributed by atoms with Gasteiger partial charge in [0.2, 0.25) is 10.0 Å². The van der Waals surface area contributed by atoms with Crippen molar-refractivity contribution >= 4 is 44.8 Å². The van der Waals surface area contributed by atoms with E-state index in [4.69, 9.17) is 10.5 Å². The van der Waals surface area contributed by atoms with Crippen LogP contribution in [0.3, 0.4) is 0 Å². The fourth-order valence-corrected chi connectivity index (χ4v) is 8.53. The minimum absolute atomic E-state index is 0.0146. The Labute approximate surface area is 294 Å². The van der Waals surface area contributed by atoms with E-state index < -0.39 is 60.2 Å². The second-order valence-corrected chi connectivity index (χ2v) is 14.3. The lowest BCUT2D eigenvalue weighted by Gasteiger charge is -2.40. The molecule has 6 rings (SSSR count). The Morgan fingerprint density at radius 1 is 1.08 bits per heavy atom. The van der Waals surface area contributed by atoms with Gasteiger partial charge in [0.05, 0.1) is 22.5 Å². The van der Waals surface area contributed by atoms with E-state index in [0.29, 0.717) is 18.4 Å². The van der Waals surface area contributed by atoms with Crippen molar-refractivity contribution in [3.05, 3.63) is 118 Å². The number of hydrogen-bond donors (Lipinski definition) is 2. The molecule has 2 aliphatic heterocycles. The number of halogens is 3. The number of ether oxygens (including phenoxy) is 1. The fraction of sp³-hybridized carbons (Fsp3) is 0.242. The minimum atomic E-state index is -4.96. The van der Waals surface area contributed by atoms with Gasteiger partial charge in [-0.2, -0.15) is 23.4 Å². The molecule has 3 N–H and O–H groups in total. The Morgan fingerprint density at radius 3 is 2.51 bits per heavy atom. The quantitative estimate of drug-likeness (QED) is 0.137. The number of anilines is 2. The standard InChI is InChI=1S/C33H30F3N7O6S2/c34-33(35,36)29-27(49-23-8-2-1-3-9-23)13-12-25(42-26(31(37)44)20-50-32(42)22-14-15-38-39-18-22)30(29)41-16-6-7-21(19-41)17-40-51(47,48)28-11-5-4-10-24(28)43(45)46/h1-5,8-15,18,20-21,32,40H,6-7,16-17,19H2,(H2,37,44)/t21-,32?/m1/s1. The molecule has 1 unspecified atom stereocenters. The number of nitro groups is 1. The average molecular weight is 742 g/mol. The molecule has 2 aliphatic rings. The van der Waals surface area contributed by atoms with Crippen molar-refractivity contribution in [2.75, 3.05) is 29.4 Å². The summed E-state index contributed by atoms with van der Waals surface area (Å²) in [5.74, 6) is -1.69. The minimum Gasteiger partial charge on any atom is -0.457 e. The zero-order valence-corrected chi connectivity index (χ0v) is 28.2. The molecule has 0 radical (unpaired) electrons. The number of piperidine rings is 1. The first-order chi connectivity index (χ1) is 24.3. The van der Waals surface area contributed by atoms with Crippen LogP contribution in [0.2, 0.25) is 0 Å². The van der Waals surface area contributed by atoms with Gasteiger partial charge in [-0.1, -0.05) is 30.3 Å². The van der Waals surface area contributed by atoms with Crippen LogP contribution in [-0.4, -0.2) is 49.1 Å². The number of nitro benzene ring substituents is 1. The van der Waals surface area contributed by atoms with Gasteiger partial charge in [-0.3, -0.25) is 14.9 Å². The molecule has 1 amide bonds. The molecule has 1 saturated heterocycles. The topological polar surface area (TPSA) is 174 Å². The molecule has 13 nitrogen and oxygen atoms in total. The van der Waals surface area contributed by atoms with Gasteiger partial charge >= 0.3 is 6.18 Å². The highest BCUT2D eigenvalue weighted by atomic mass is 32.2. The van der Waals surface area contributed by atoms with E-state index >= 15 is 13.2 Å². The zero-order chi connectivity index (χ0) is 36.3. The molecule has 1 fully saturated rings. The van der Waals surface area contributed by atoms with Gasteiger partial charge in [0.25, 0.3) is 11.6 Å². The fourth-order valence-electron chi connectivity index (χ4n) is 6.11. The number of hydrogen-bond acceptors (Lipinski definition) is 11. The smallest absolute Gasteiger partial charge is 0.422 e. The van der Waals surface area contributed by atoms with Crippen LogP contribution in [0.1, 0.15) is 29.3 Å². The molecule has 0 aliphatic carbocycles. The number of nitrogens with two attached hydrogens (primary N) is 1. The molecule has 1 aromatic heterocycles. The molecule has 0 spiro atoms. The Hall–Kier alpha value is -5.20. The number of nitrogens with zero attached hydrogens (tertiary/aromatic N) is 5. The summed E-state index contributed by atoms with van der Waals surface area (Å²) in [4.78, 5) is 25.9. The van der Waals surface area contributed by atoms with Crippen LogP contribution in [0.4, 0.5) is 30.2 Å². The second kappa shape index (κ2) is 14.6. The Bertz CT molecular complexity index is 2070. The number of carbonyl (C=O) groups excluding carboxylic acids is 1. The van der Waals surface area contributed by atoms with Gasteiger partial charge in [-0.15, -0.1) is 11.8 Å². The van der Waals surface area contributed by atoms with Crippen molar-refractivity contribution in [2.45, 2.75) is 29.3 Å². The Balaban J connectivity index is 1.43. The number of aromatic nitrogens is 2. The highest BCUT2D eigenvalue weighted by Gasteiger charge is 2.44. The van der Waals surface area contributed by atoms with Crippen molar-refractivity contribution in [1.82, 2.24) is 14.9 Å². The van der Waals surface area contributed by atoms with E-state index in [1.807, 2.05) is 0 Å². The van der Waals surface area contributed by atoms with Crippen LogP contribution < -0.4 is 25.0 Å². The highest BCUT2D eigenvalue weighted by Crippen LogP contribution is 2.54. The summed E-state index contributed by atoms with van der Waals surface area (Å²) >= 11 is 1.16. The number of thioether (sulfide) groups is 1. The third-order valence-electron chi connectivity index (χ3n) is 8.33. The Morgan fingerprint density at radius 2 is 1.82 bits per heavy atom. The van der Waals surface area contributed by atoms with Crippen molar-refractivity contribution in [3.8, 4) is 11.5 Å². The molecule has 266 valence electrons. The van der Waals surface area contributed by atoms with Gasteiger partial charge in [-0.05, 0) is 55.2 Å². The number of benzene rings is 3. The number of alkyl halides is 3. The first kappa shape index (κ1) is 35.6. The zero-order valence-electron chi connectivity index (χ0n) is 26.6. The van der Waals surface area contributed by atoms with E-state index in [1.54, 1.807) is 24.3 Å². The highest BCUT2D eigenvalue weighted by molar-refractivity contribution is 8.02. The first-order valence-corrected chi connectivity index (χ1v) is 17.9. The van der Waals surface area contributed by atoms with Gasteiger partial charge in [0.15, 0.2) is 4.90 Å². The van der Waals surface area contributed by atoms with E-state index in [0.717, 1.165) is 23.9 Å². The number of primary amides is 1. The van der Waals surface area contributed by atoms with Crippen molar-refractivity contribution in [2.24, 2.45) is 11.7 Å². The number of rotatable bonds is 11. The van der Waals surface area contributed by atoms with Gasteiger partial charge in [0, 0.05) is 42.9 Å². The number of nitrogens with one attached hydrogen (secondary N) is 1. The van der Waals surface area contributed by atoms with Crippen LogP contribution in [0, 0.1) is 16.0 Å². The molecule has 4 aromatic rings. The first-order valence-electron chi connectivity index (χ1n) is 15.5. The predicted molar refractivity (Wildman–Crippen MR) is 183 cm³/mol. The number of amides is 1. The molecule has 0 bridgehead atoms. The monoisotopic (exact) mass is 741 g/mol. The van der Waals surface area contributed by atoms with Crippen molar-refractivity contribution in [1.29, 1.82) is 0 Å². The molecule has 2 atom stereocenters. The SMILES string of the molecule is NC(=O)C1=CSC(c2ccnnc2)N1c1ccc(Oc2ccccc2)c(C(F)(F)F)c1N1CCC[C@H](CNS(=O)(=O)c2ccccc2[N+](=O)[O-])C1. The summed E-state index contributed by atoms with van der Waals surface area (Å²) in [5, 5.41) is 20.0. The molecule has 3 heterocycles. The molecule has 18 heteroatoms. The van der Waals surface area contributed by atoms with E-state index in [1.165, 1.54) is 64.0 Å². The van der Waals surface area contributed by atoms with E-state index in [9.17, 15) is 23.3 Å². The van der Waals surface area contributed by atoms with Gasteiger partial charge < -0.3 is 20.3 Å². The van der Waals surface area contributed by atoms with Crippen molar-refractivity contribution in [3.63, 3.8) is 0 Å². The van der Waals surface area contributed by atoms with Gasteiger partial charge in [0.1, 0.15) is 28.1 Å². The van der Waals surface area contributed by atoms with Crippen LogP contribution in [-0.2, 0) is 21.0 Å². The lowest BCUT2D eigenvalue weighted by atomic mass is 9.96. The molecule has 3 aromatic carbocycles.